The summed E-state index contributed by atoms with van der Waals surface area (Å²) in [6.07, 6.45) is 4.08. The van der Waals surface area contributed by atoms with E-state index in [9.17, 15) is 0 Å². The Kier molecular flexibility index (Phi) is 60.5. The van der Waals surface area contributed by atoms with Gasteiger partial charge in [0.15, 0.2) is 0 Å². The van der Waals surface area contributed by atoms with Crippen molar-refractivity contribution in [3.63, 3.8) is 0 Å². The number of nitrogens with zero attached hydrogens (tertiary/aromatic N) is 1. The van der Waals surface area contributed by atoms with Crippen molar-refractivity contribution in [1.29, 1.82) is 0 Å². The van der Waals surface area contributed by atoms with Crippen molar-refractivity contribution >= 4 is 112 Å². The van der Waals surface area contributed by atoms with Gasteiger partial charge in [0, 0.05) is 0 Å². The number of thioether (sulfide) groups is 1. The summed E-state index contributed by atoms with van der Waals surface area (Å²) in [5, 5.41) is 0. The Morgan fingerprint density at radius 1 is 1.00 bits per heavy atom. The zero-order valence-electron chi connectivity index (χ0n) is 8.64. The van der Waals surface area contributed by atoms with E-state index in [0.717, 1.165) is 0 Å². The first-order valence-corrected chi connectivity index (χ1v) is 27.2. The molecule has 0 fully saturated rings. The summed E-state index contributed by atoms with van der Waals surface area (Å²) in [6.45, 7) is 0. The third-order valence-electron chi connectivity index (χ3n) is 0. The molecule has 0 saturated heterocycles. The van der Waals surface area contributed by atoms with Crippen LogP contribution in [0.3, 0.4) is 0 Å². The molecule has 0 aromatic rings. The van der Waals surface area contributed by atoms with Gasteiger partial charge >= 0.3 is 114 Å². The molecule has 0 rings (SSSR count). The summed E-state index contributed by atoms with van der Waals surface area (Å²) in [7, 11) is 6.63. The fourth-order valence-electron chi connectivity index (χ4n) is 0. The molecule has 91 valence electrons. The van der Waals surface area contributed by atoms with Gasteiger partial charge in [-0.25, -0.2) is 0 Å². The molecule has 0 heterocycles. The molecule has 0 spiro atoms. The van der Waals surface area contributed by atoms with E-state index in [1.807, 2.05) is 38.6 Å². The fourth-order valence-corrected chi connectivity index (χ4v) is 0. The van der Waals surface area contributed by atoms with Gasteiger partial charge in [-0.2, -0.15) is 11.8 Å². The van der Waals surface area contributed by atoms with Crippen LogP contribution in [0, 0.1) is 0 Å². The second-order valence-electron chi connectivity index (χ2n) is 2.01. The first-order chi connectivity index (χ1) is 6.29. The zero-order valence-corrected chi connectivity index (χ0v) is 23.0. The molecule has 0 N–H and O–H groups in total. The Labute approximate surface area is 160 Å². The summed E-state index contributed by atoms with van der Waals surface area (Å²) in [6, 6.07) is 0. The van der Waals surface area contributed by atoms with Crippen molar-refractivity contribution in [1.82, 2.24) is 4.90 Å². The molecule has 1 nitrogen and oxygen atoms in total. The average Bonchev–Trinajstić information content (AvgIpc) is 1.85. The van der Waals surface area contributed by atoms with Gasteiger partial charge in [-0.15, -0.1) is 0 Å². The maximum absolute atomic E-state index is 2.46. The summed E-state index contributed by atoms with van der Waals surface area (Å²) in [4.78, 5) is 1.72. The Morgan fingerprint density at radius 3 is 1.00 bits per heavy atom. The second-order valence-corrected chi connectivity index (χ2v) is 50.0. The van der Waals surface area contributed by atoms with E-state index in [0.29, 0.717) is 9.47 Å². The summed E-state index contributed by atoms with van der Waals surface area (Å²) < 4.78 is 0. The van der Waals surface area contributed by atoms with Crippen LogP contribution in [0.4, 0.5) is 0 Å². The van der Waals surface area contributed by atoms with Gasteiger partial charge < -0.3 is 4.90 Å². The zero-order chi connectivity index (χ0) is 12.6. The van der Waals surface area contributed by atoms with Gasteiger partial charge in [-0.1, -0.05) is 0 Å². The van der Waals surface area contributed by atoms with Gasteiger partial charge in [0.2, 0.25) is 0 Å². The monoisotopic (exact) mass is 858 g/mol. The van der Waals surface area contributed by atoms with Crippen LogP contribution in [0.25, 0.3) is 0 Å². The van der Waals surface area contributed by atoms with E-state index in [1.54, 1.807) is 11.8 Å². The minimum absolute atomic E-state index is 0.278. The van der Waals surface area contributed by atoms with Crippen molar-refractivity contribution in [3.8, 4) is 0 Å². The molecule has 0 aliphatic rings. The van der Waals surface area contributed by atoms with E-state index < -0.39 is 0 Å². The third-order valence-corrected chi connectivity index (χ3v) is 0. The molecule has 0 bridgehead atoms. The van der Waals surface area contributed by atoms with Crippen molar-refractivity contribution in [3.05, 3.63) is 0 Å². The normalized spacial score (nSPS) is 7.43. The Bertz CT molecular complexity index is 58.6. The standard InChI is InChI=1S/C3H9N.C2H6S.5HI.2V/c1-4(2)3;1-3-2;;;;;;;/h1-3H3;1-2H3;5*1H;;/q;;;;;;;+2;+3/p-5. The molecule has 0 aromatic heterocycles. The Morgan fingerprint density at radius 2 is 1.00 bits per heavy atom. The van der Waals surface area contributed by atoms with Crippen LogP contribution < -0.4 is 0 Å². The van der Waals surface area contributed by atoms with Crippen LogP contribution in [0.2, 0.25) is 0 Å². The van der Waals surface area contributed by atoms with Gasteiger partial charge in [0.05, 0.1) is 0 Å². The van der Waals surface area contributed by atoms with E-state index in [1.165, 1.54) is 0 Å². The van der Waals surface area contributed by atoms with Gasteiger partial charge in [-0.3, -0.25) is 0 Å². The number of hydrogen-bond acceptors (Lipinski definition) is 2. The van der Waals surface area contributed by atoms with E-state index in [-0.39, 0.29) is 4.92 Å². The summed E-state index contributed by atoms with van der Waals surface area (Å²) in [5.74, 6) is 0. The van der Waals surface area contributed by atoms with Crippen molar-refractivity contribution in [2.24, 2.45) is 0 Å². The SMILES string of the molecule is CN(C)C.CSC.[I][V]([I])[I].[I][V][I]. The molecule has 0 aliphatic heterocycles. The van der Waals surface area contributed by atoms with Gasteiger partial charge in [-0.05, 0) is 33.7 Å². The number of hydrogen-bond donors (Lipinski definition) is 0. The molecule has 0 unspecified atom stereocenters. The maximum atomic E-state index is 2.46. The average molecular weight is 858 g/mol. The van der Waals surface area contributed by atoms with Crippen LogP contribution in [0.15, 0.2) is 0 Å². The van der Waals surface area contributed by atoms with E-state index in [4.69, 9.17) is 0 Å². The van der Waals surface area contributed by atoms with Crippen LogP contribution in [-0.2, 0) is 14.4 Å². The number of rotatable bonds is 0. The number of halogens is 5. The quantitative estimate of drug-likeness (QED) is 0.293. The van der Waals surface area contributed by atoms with E-state index >= 15 is 0 Å². The topological polar surface area (TPSA) is 3.24 Å². The Balaban J connectivity index is -0.0000000482. The van der Waals surface area contributed by atoms with Crippen LogP contribution in [0.1, 0.15) is 0 Å². The molecular formula is C5H15I5NSV2. The van der Waals surface area contributed by atoms with Gasteiger partial charge in [0.1, 0.15) is 0 Å². The fraction of sp³-hybridized carbons (Fsp3) is 1.00. The molecule has 0 saturated carbocycles. The predicted octanol–water partition coefficient (Wildman–Crippen LogP) is 5.58. The minimum atomic E-state index is -0.278. The predicted molar refractivity (Wildman–Crippen MR) is 109 cm³/mol. The van der Waals surface area contributed by atoms with Crippen molar-refractivity contribution < 1.29 is 14.4 Å². The van der Waals surface area contributed by atoms with E-state index in [2.05, 4.69) is 99.9 Å². The first kappa shape index (κ1) is 27.5. The molecule has 0 amide bonds. The molecule has 0 atom stereocenters. The second kappa shape index (κ2) is 30.9. The molecular weight excluding hydrogens is 843 g/mol. The van der Waals surface area contributed by atoms with Crippen LogP contribution >= 0.6 is 112 Å². The summed E-state index contributed by atoms with van der Waals surface area (Å²) in [5.41, 5.74) is 0. The molecule has 14 heavy (non-hydrogen) atoms. The molecule has 0 aliphatic carbocycles. The summed E-state index contributed by atoms with van der Waals surface area (Å²) >= 11 is 13.9. The third kappa shape index (κ3) is 169. The molecule has 9 heteroatoms. The molecule has 0 aromatic carbocycles. The van der Waals surface area contributed by atoms with Crippen LogP contribution in [-0.4, -0.2) is 38.6 Å². The Hall–Kier alpha value is 5.13. The van der Waals surface area contributed by atoms with Crippen molar-refractivity contribution in [2.45, 2.75) is 0 Å². The molecule has 0 radical (unpaired) electrons. The van der Waals surface area contributed by atoms with Crippen molar-refractivity contribution in [2.75, 3.05) is 33.7 Å². The first-order valence-electron chi connectivity index (χ1n) is 3.00. The van der Waals surface area contributed by atoms with Crippen LogP contribution in [0.5, 0.6) is 0 Å². The van der Waals surface area contributed by atoms with Gasteiger partial charge in [0.25, 0.3) is 0 Å².